The van der Waals surface area contributed by atoms with Crippen molar-refractivity contribution in [2.45, 2.75) is 58.2 Å². The van der Waals surface area contributed by atoms with Crippen LogP contribution in [0.1, 0.15) is 45.1 Å². The second-order valence-corrected chi connectivity index (χ2v) is 6.77. The normalized spacial score (nSPS) is 16.3. The van der Waals surface area contributed by atoms with Gasteiger partial charge in [0.1, 0.15) is 0 Å². The highest BCUT2D eigenvalue weighted by atomic mass is 79.9. The Morgan fingerprint density at radius 3 is 2.63 bits per heavy atom. The molecule has 1 aromatic rings. The van der Waals surface area contributed by atoms with Gasteiger partial charge in [-0.05, 0) is 30.5 Å². The van der Waals surface area contributed by atoms with Gasteiger partial charge in [0.25, 0.3) is 0 Å². The molecule has 1 saturated carbocycles. The van der Waals surface area contributed by atoms with E-state index in [2.05, 4.69) is 65.2 Å². The third kappa shape index (κ3) is 3.96. The van der Waals surface area contributed by atoms with E-state index in [1.165, 1.54) is 41.4 Å². The maximum Gasteiger partial charge on any atom is 0.0423 e. The first-order chi connectivity index (χ1) is 9.08. The first-order valence-electron chi connectivity index (χ1n) is 7.32. The van der Waals surface area contributed by atoms with Crippen LogP contribution in [0.5, 0.6) is 0 Å². The first-order valence-corrected chi connectivity index (χ1v) is 8.12. The van der Waals surface area contributed by atoms with Crippen molar-refractivity contribution in [3.05, 3.63) is 28.2 Å². The molecule has 1 fully saturated rings. The molecule has 0 amide bonds. The van der Waals surface area contributed by atoms with Crippen LogP contribution < -0.4 is 10.2 Å². The molecule has 1 aliphatic rings. The average molecular weight is 325 g/mol. The summed E-state index contributed by atoms with van der Waals surface area (Å²) in [7, 11) is 2.25. The van der Waals surface area contributed by atoms with Gasteiger partial charge in [0.2, 0.25) is 0 Å². The Hall–Kier alpha value is -0.540. The highest BCUT2D eigenvalue weighted by Gasteiger charge is 2.21. The molecule has 2 nitrogen and oxygen atoms in total. The Kier molecular flexibility index (Phi) is 5.28. The summed E-state index contributed by atoms with van der Waals surface area (Å²) in [5.41, 5.74) is 2.76. The number of halogens is 1. The van der Waals surface area contributed by atoms with E-state index in [0.717, 1.165) is 6.54 Å². The van der Waals surface area contributed by atoms with Crippen LogP contribution in [0.4, 0.5) is 5.69 Å². The second-order valence-electron chi connectivity index (χ2n) is 5.86. The molecule has 0 atom stereocenters. The number of nitrogens with zero attached hydrogens (tertiary/aromatic N) is 1. The molecule has 1 aliphatic carbocycles. The van der Waals surface area contributed by atoms with Crippen LogP contribution in [0.25, 0.3) is 0 Å². The van der Waals surface area contributed by atoms with Crippen molar-refractivity contribution in [2.75, 3.05) is 11.9 Å². The fourth-order valence-corrected chi connectivity index (χ4v) is 3.17. The van der Waals surface area contributed by atoms with Crippen molar-refractivity contribution in [2.24, 2.45) is 0 Å². The highest BCUT2D eigenvalue weighted by Crippen LogP contribution is 2.31. The molecule has 0 heterocycles. The zero-order chi connectivity index (χ0) is 13.8. The Balaban J connectivity index is 2.18. The number of anilines is 1. The summed E-state index contributed by atoms with van der Waals surface area (Å²) >= 11 is 3.61. The number of rotatable bonds is 5. The molecule has 1 N–H and O–H groups in total. The molecule has 0 radical (unpaired) electrons. The van der Waals surface area contributed by atoms with Crippen LogP contribution in [0.3, 0.4) is 0 Å². The SMILES string of the molecule is CC(C)NCc1ccc(Br)cc1N(C)C1CCCC1. The minimum absolute atomic E-state index is 0.522. The van der Waals surface area contributed by atoms with E-state index >= 15 is 0 Å². The monoisotopic (exact) mass is 324 g/mol. The predicted molar refractivity (Wildman–Crippen MR) is 86.8 cm³/mol. The molecular formula is C16H25BrN2. The average Bonchev–Trinajstić information content (AvgIpc) is 2.90. The van der Waals surface area contributed by atoms with Gasteiger partial charge in [-0.25, -0.2) is 0 Å². The standard InChI is InChI=1S/C16H25BrN2/c1-12(2)18-11-13-8-9-14(17)10-16(13)19(3)15-6-4-5-7-15/h8-10,12,15,18H,4-7,11H2,1-3H3. The Morgan fingerprint density at radius 1 is 1.32 bits per heavy atom. The quantitative estimate of drug-likeness (QED) is 0.867. The lowest BCUT2D eigenvalue weighted by atomic mass is 10.1. The summed E-state index contributed by atoms with van der Waals surface area (Å²) in [5.74, 6) is 0. The maximum absolute atomic E-state index is 3.61. The van der Waals surface area contributed by atoms with Gasteiger partial charge >= 0.3 is 0 Å². The fourth-order valence-electron chi connectivity index (χ4n) is 2.82. The van der Waals surface area contributed by atoms with Gasteiger partial charge in [0.15, 0.2) is 0 Å². The first kappa shape index (κ1) is 14.9. The van der Waals surface area contributed by atoms with Gasteiger partial charge < -0.3 is 10.2 Å². The smallest absolute Gasteiger partial charge is 0.0423 e. The van der Waals surface area contributed by atoms with E-state index in [9.17, 15) is 0 Å². The summed E-state index contributed by atoms with van der Waals surface area (Å²) in [6.07, 6.45) is 5.42. The molecule has 0 spiro atoms. The molecule has 0 unspecified atom stereocenters. The largest absolute Gasteiger partial charge is 0.371 e. The van der Waals surface area contributed by atoms with Crippen LogP contribution in [0.15, 0.2) is 22.7 Å². The Morgan fingerprint density at radius 2 is 2.00 bits per heavy atom. The van der Waals surface area contributed by atoms with Crippen molar-refractivity contribution in [1.29, 1.82) is 0 Å². The summed E-state index contributed by atoms with van der Waals surface area (Å²) < 4.78 is 1.17. The third-order valence-corrected chi connectivity index (χ3v) is 4.49. The number of hydrogen-bond donors (Lipinski definition) is 1. The van der Waals surface area contributed by atoms with Gasteiger partial charge in [0, 0.05) is 35.8 Å². The van der Waals surface area contributed by atoms with E-state index < -0.39 is 0 Å². The van der Waals surface area contributed by atoms with Gasteiger partial charge in [-0.15, -0.1) is 0 Å². The molecular weight excluding hydrogens is 300 g/mol. The second kappa shape index (κ2) is 6.76. The summed E-state index contributed by atoms with van der Waals surface area (Å²) in [6.45, 7) is 5.33. The highest BCUT2D eigenvalue weighted by molar-refractivity contribution is 9.10. The molecule has 3 heteroatoms. The summed E-state index contributed by atoms with van der Waals surface area (Å²) in [6, 6.07) is 7.87. The van der Waals surface area contributed by atoms with Crippen LogP contribution >= 0.6 is 15.9 Å². The predicted octanol–water partition coefficient (Wildman–Crippen LogP) is 4.33. The molecule has 19 heavy (non-hydrogen) atoms. The number of benzene rings is 1. The molecule has 0 aromatic heterocycles. The zero-order valence-corrected chi connectivity index (χ0v) is 13.8. The molecule has 0 saturated heterocycles. The van der Waals surface area contributed by atoms with Gasteiger partial charge in [0.05, 0.1) is 0 Å². The molecule has 0 aliphatic heterocycles. The van der Waals surface area contributed by atoms with Crippen molar-refractivity contribution in [1.82, 2.24) is 5.32 Å². The van der Waals surface area contributed by atoms with Gasteiger partial charge in [-0.3, -0.25) is 0 Å². The van der Waals surface area contributed by atoms with E-state index in [0.29, 0.717) is 12.1 Å². The van der Waals surface area contributed by atoms with Gasteiger partial charge in [-0.1, -0.05) is 48.7 Å². The maximum atomic E-state index is 3.61. The van der Waals surface area contributed by atoms with E-state index in [1.807, 2.05) is 0 Å². The van der Waals surface area contributed by atoms with Crippen molar-refractivity contribution in [3.8, 4) is 0 Å². The van der Waals surface area contributed by atoms with E-state index in [4.69, 9.17) is 0 Å². The van der Waals surface area contributed by atoms with Crippen LogP contribution in [0.2, 0.25) is 0 Å². The van der Waals surface area contributed by atoms with Crippen LogP contribution in [-0.2, 0) is 6.54 Å². The number of nitrogens with one attached hydrogen (secondary N) is 1. The Bertz CT molecular complexity index is 411. The van der Waals surface area contributed by atoms with Crippen molar-refractivity contribution >= 4 is 21.6 Å². The Labute approximate surface area is 125 Å². The minimum atomic E-state index is 0.522. The molecule has 106 valence electrons. The minimum Gasteiger partial charge on any atom is -0.371 e. The third-order valence-electron chi connectivity index (χ3n) is 4.00. The summed E-state index contributed by atoms with van der Waals surface area (Å²) in [5, 5.41) is 3.53. The molecule has 1 aromatic carbocycles. The van der Waals surface area contributed by atoms with Crippen LogP contribution in [-0.4, -0.2) is 19.1 Å². The van der Waals surface area contributed by atoms with Crippen molar-refractivity contribution < 1.29 is 0 Å². The van der Waals surface area contributed by atoms with Gasteiger partial charge in [-0.2, -0.15) is 0 Å². The topological polar surface area (TPSA) is 15.3 Å². The van der Waals surface area contributed by atoms with E-state index in [-0.39, 0.29) is 0 Å². The lowest BCUT2D eigenvalue weighted by Gasteiger charge is -2.29. The number of hydrogen-bond acceptors (Lipinski definition) is 2. The van der Waals surface area contributed by atoms with Crippen molar-refractivity contribution in [3.63, 3.8) is 0 Å². The van der Waals surface area contributed by atoms with Crippen LogP contribution in [0, 0.1) is 0 Å². The molecule has 2 rings (SSSR count). The lowest BCUT2D eigenvalue weighted by Crippen LogP contribution is -2.31. The lowest BCUT2D eigenvalue weighted by molar-refractivity contribution is 0.584. The fraction of sp³-hybridized carbons (Fsp3) is 0.625. The van der Waals surface area contributed by atoms with E-state index in [1.54, 1.807) is 0 Å². The zero-order valence-electron chi connectivity index (χ0n) is 12.2. The summed E-state index contributed by atoms with van der Waals surface area (Å²) in [4.78, 5) is 2.48. The molecule has 0 bridgehead atoms.